The van der Waals surface area contributed by atoms with Crippen LogP contribution in [0.2, 0.25) is 0 Å². The molecule has 3 nitrogen and oxygen atoms in total. The minimum absolute atomic E-state index is 0.0238. The van der Waals surface area contributed by atoms with Gasteiger partial charge in [0.25, 0.3) is 0 Å². The Morgan fingerprint density at radius 2 is 1.76 bits per heavy atom. The van der Waals surface area contributed by atoms with Crippen LogP contribution in [0.3, 0.4) is 0 Å². The minimum atomic E-state index is -0.174. The van der Waals surface area contributed by atoms with Gasteiger partial charge in [-0.3, -0.25) is 14.5 Å². The fraction of sp³-hybridized carbons (Fsp3) is 0.846. The van der Waals surface area contributed by atoms with Crippen molar-refractivity contribution >= 4 is 23.4 Å². The molecule has 1 rings (SSSR count). The van der Waals surface area contributed by atoms with Gasteiger partial charge in [0.15, 0.2) is 0 Å². The Bertz CT molecular complexity index is 282. The molecule has 1 atom stereocenters. The molecule has 0 spiro atoms. The molecule has 0 bridgehead atoms. The molecule has 1 aliphatic rings. The van der Waals surface area contributed by atoms with Crippen molar-refractivity contribution in [3.8, 4) is 0 Å². The molecule has 98 valence electrons. The first-order valence-electron chi connectivity index (χ1n) is 6.25. The van der Waals surface area contributed by atoms with Gasteiger partial charge in [0.2, 0.25) is 11.8 Å². The zero-order valence-corrected chi connectivity index (χ0v) is 11.7. The quantitative estimate of drug-likeness (QED) is 0.562. The summed E-state index contributed by atoms with van der Waals surface area (Å²) in [5.74, 6) is 1.05. The Morgan fingerprint density at radius 1 is 1.24 bits per heavy atom. The number of alkyl halides is 1. The molecular weight excluding hydrogens is 238 g/mol. The molecule has 0 aliphatic carbocycles. The van der Waals surface area contributed by atoms with Gasteiger partial charge in [0.05, 0.1) is 0 Å². The molecular formula is C13H22ClNO2. The highest BCUT2D eigenvalue weighted by atomic mass is 35.5. The van der Waals surface area contributed by atoms with Crippen molar-refractivity contribution in [3.05, 3.63) is 0 Å². The van der Waals surface area contributed by atoms with Crippen LogP contribution in [0, 0.1) is 11.3 Å². The van der Waals surface area contributed by atoms with E-state index < -0.39 is 0 Å². The van der Waals surface area contributed by atoms with E-state index in [1.54, 1.807) is 0 Å². The van der Waals surface area contributed by atoms with Crippen molar-refractivity contribution < 1.29 is 9.59 Å². The number of hydrogen-bond acceptors (Lipinski definition) is 2. The van der Waals surface area contributed by atoms with Gasteiger partial charge in [0.1, 0.15) is 0 Å². The van der Waals surface area contributed by atoms with E-state index >= 15 is 0 Å². The average molecular weight is 260 g/mol. The van der Waals surface area contributed by atoms with Gasteiger partial charge < -0.3 is 0 Å². The second kappa shape index (κ2) is 5.85. The van der Waals surface area contributed by atoms with Crippen LogP contribution in [0.15, 0.2) is 0 Å². The maximum Gasteiger partial charge on any atom is 0.229 e. The highest BCUT2D eigenvalue weighted by molar-refractivity contribution is 6.17. The van der Waals surface area contributed by atoms with Gasteiger partial charge in [-0.1, -0.05) is 20.8 Å². The van der Waals surface area contributed by atoms with Crippen molar-refractivity contribution in [2.24, 2.45) is 11.3 Å². The fourth-order valence-corrected chi connectivity index (χ4v) is 2.51. The number of hydrogen-bond donors (Lipinski definition) is 0. The van der Waals surface area contributed by atoms with Gasteiger partial charge in [-0.25, -0.2) is 0 Å². The fourth-order valence-electron chi connectivity index (χ4n) is 2.14. The number of halogens is 1. The molecule has 0 aromatic rings. The van der Waals surface area contributed by atoms with E-state index in [0.29, 0.717) is 31.2 Å². The van der Waals surface area contributed by atoms with Crippen molar-refractivity contribution in [1.82, 2.24) is 4.90 Å². The average Bonchev–Trinajstić information content (AvgIpc) is 2.14. The van der Waals surface area contributed by atoms with E-state index in [9.17, 15) is 9.59 Å². The SMILES string of the molecule is CC(CCCl)CCN1C(=O)CC(C)(C)CC1=O. The summed E-state index contributed by atoms with van der Waals surface area (Å²) in [6, 6.07) is 0. The van der Waals surface area contributed by atoms with Crippen LogP contribution >= 0.6 is 11.6 Å². The molecule has 1 saturated heterocycles. The molecule has 0 aromatic heterocycles. The first-order valence-corrected chi connectivity index (χ1v) is 6.78. The lowest BCUT2D eigenvalue weighted by atomic mass is 9.81. The number of amides is 2. The van der Waals surface area contributed by atoms with Crippen LogP contribution in [0.5, 0.6) is 0 Å². The Kier molecular flexibility index (Phi) is 4.99. The number of nitrogens with zero attached hydrogens (tertiary/aromatic N) is 1. The molecule has 1 heterocycles. The van der Waals surface area contributed by atoms with Gasteiger partial charge in [0, 0.05) is 25.3 Å². The molecule has 0 aromatic carbocycles. The second-order valence-electron chi connectivity index (χ2n) is 5.83. The minimum Gasteiger partial charge on any atom is -0.283 e. The van der Waals surface area contributed by atoms with Gasteiger partial charge >= 0.3 is 0 Å². The number of carbonyl (C=O) groups excluding carboxylic acids is 2. The summed E-state index contributed by atoms with van der Waals surface area (Å²) < 4.78 is 0. The smallest absolute Gasteiger partial charge is 0.229 e. The van der Waals surface area contributed by atoms with Crippen LogP contribution in [0.1, 0.15) is 46.5 Å². The zero-order chi connectivity index (χ0) is 13.1. The van der Waals surface area contributed by atoms with Gasteiger partial charge in [-0.05, 0) is 24.2 Å². The maximum atomic E-state index is 11.9. The Hall–Kier alpha value is -0.570. The lowest BCUT2D eigenvalue weighted by Gasteiger charge is -2.35. The molecule has 4 heteroatoms. The van der Waals surface area contributed by atoms with Crippen LogP contribution in [0.4, 0.5) is 0 Å². The van der Waals surface area contributed by atoms with E-state index in [2.05, 4.69) is 6.92 Å². The monoisotopic (exact) mass is 259 g/mol. The number of imide groups is 1. The van der Waals surface area contributed by atoms with E-state index in [4.69, 9.17) is 11.6 Å². The lowest BCUT2D eigenvalue weighted by molar-refractivity contribution is -0.152. The summed E-state index contributed by atoms with van der Waals surface area (Å²) in [6.45, 7) is 6.59. The molecule has 2 amide bonds. The number of piperidine rings is 1. The van der Waals surface area contributed by atoms with Crippen LogP contribution in [-0.2, 0) is 9.59 Å². The van der Waals surface area contributed by atoms with E-state index in [0.717, 1.165) is 12.8 Å². The Balaban J connectivity index is 2.49. The second-order valence-corrected chi connectivity index (χ2v) is 6.21. The number of likely N-dealkylation sites (tertiary alicyclic amines) is 1. The summed E-state index contributed by atoms with van der Waals surface area (Å²) in [7, 11) is 0. The summed E-state index contributed by atoms with van der Waals surface area (Å²) in [5.41, 5.74) is -0.174. The summed E-state index contributed by atoms with van der Waals surface area (Å²) in [6.07, 6.45) is 2.74. The third kappa shape index (κ3) is 4.30. The third-order valence-electron chi connectivity index (χ3n) is 3.31. The zero-order valence-electron chi connectivity index (χ0n) is 11.0. The molecule has 0 N–H and O–H groups in total. The van der Waals surface area contributed by atoms with Gasteiger partial charge in [-0.15, -0.1) is 11.6 Å². The molecule has 0 saturated carbocycles. The van der Waals surface area contributed by atoms with E-state index in [1.807, 2.05) is 13.8 Å². The topological polar surface area (TPSA) is 37.4 Å². The van der Waals surface area contributed by atoms with Crippen LogP contribution in [-0.4, -0.2) is 29.1 Å². The van der Waals surface area contributed by atoms with Crippen molar-refractivity contribution in [2.75, 3.05) is 12.4 Å². The molecule has 17 heavy (non-hydrogen) atoms. The normalized spacial score (nSPS) is 21.8. The van der Waals surface area contributed by atoms with E-state index in [1.165, 1.54) is 4.90 Å². The predicted octanol–water partition coefficient (Wildman–Crippen LogP) is 2.82. The first kappa shape index (κ1) is 14.5. The maximum absolute atomic E-state index is 11.9. The highest BCUT2D eigenvalue weighted by Gasteiger charge is 2.36. The summed E-state index contributed by atoms with van der Waals surface area (Å²) in [5, 5.41) is 0. The Labute approximate surface area is 108 Å². The predicted molar refractivity (Wildman–Crippen MR) is 68.9 cm³/mol. The standard InChI is InChI=1S/C13H22ClNO2/c1-10(4-6-14)5-7-15-11(16)8-13(2,3)9-12(15)17/h10H,4-9H2,1-3H3. The van der Waals surface area contributed by atoms with Gasteiger partial charge in [-0.2, -0.15) is 0 Å². The van der Waals surface area contributed by atoms with Crippen molar-refractivity contribution in [2.45, 2.75) is 46.5 Å². The van der Waals surface area contributed by atoms with Crippen LogP contribution in [0.25, 0.3) is 0 Å². The first-order chi connectivity index (χ1) is 7.85. The summed E-state index contributed by atoms with van der Waals surface area (Å²) >= 11 is 5.67. The largest absolute Gasteiger partial charge is 0.283 e. The molecule has 1 fully saturated rings. The van der Waals surface area contributed by atoms with Crippen LogP contribution < -0.4 is 0 Å². The summed E-state index contributed by atoms with van der Waals surface area (Å²) in [4.78, 5) is 25.2. The van der Waals surface area contributed by atoms with E-state index in [-0.39, 0.29) is 17.2 Å². The molecule has 1 aliphatic heterocycles. The number of rotatable bonds is 5. The molecule has 0 radical (unpaired) electrons. The van der Waals surface area contributed by atoms with Crippen molar-refractivity contribution in [3.63, 3.8) is 0 Å². The third-order valence-corrected chi connectivity index (χ3v) is 3.53. The highest BCUT2D eigenvalue weighted by Crippen LogP contribution is 2.31. The lowest BCUT2D eigenvalue weighted by Crippen LogP contribution is -2.46. The number of carbonyl (C=O) groups is 2. The molecule has 1 unspecified atom stereocenters. The Morgan fingerprint density at radius 3 is 2.24 bits per heavy atom. The van der Waals surface area contributed by atoms with Crippen molar-refractivity contribution in [1.29, 1.82) is 0 Å².